The molecular formula is C57H71ClN6O7. The van der Waals surface area contributed by atoms with Crippen molar-refractivity contribution in [1.29, 1.82) is 0 Å². The lowest BCUT2D eigenvalue weighted by atomic mass is 9.82. The van der Waals surface area contributed by atoms with Gasteiger partial charge in [-0.2, -0.15) is 0 Å². The number of nitrogens with zero attached hydrogens (tertiary/aromatic N) is 4. The maximum atomic E-state index is 13.3. The highest BCUT2D eigenvalue weighted by molar-refractivity contribution is 6.31. The molecule has 4 aromatic rings. The first kappa shape index (κ1) is 50.3. The van der Waals surface area contributed by atoms with Gasteiger partial charge in [0.15, 0.2) is 13.2 Å². The molecule has 4 unspecified atom stereocenters. The fourth-order valence-electron chi connectivity index (χ4n) is 12.1. The topological polar surface area (TPSA) is 133 Å². The van der Waals surface area contributed by atoms with Gasteiger partial charge < -0.3 is 34.6 Å². The van der Waals surface area contributed by atoms with E-state index < -0.39 is 11.7 Å². The van der Waals surface area contributed by atoms with E-state index in [1.807, 2.05) is 91.2 Å². The predicted molar refractivity (Wildman–Crippen MR) is 278 cm³/mol. The molecule has 378 valence electrons. The normalized spacial score (nSPS) is 23.7. The average Bonchev–Trinajstić information content (AvgIpc) is 3.74. The molecule has 71 heavy (non-hydrogen) atoms. The molecule has 4 fully saturated rings. The Kier molecular flexibility index (Phi) is 16.2. The number of hydrogen-bond donors (Lipinski definition) is 2. The highest BCUT2D eigenvalue weighted by Crippen LogP contribution is 2.45. The highest BCUT2D eigenvalue weighted by atomic mass is 35.5. The number of benzene rings is 4. The van der Waals surface area contributed by atoms with Gasteiger partial charge in [0.05, 0.1) is 11.4 Å². The average molecular weight is 988 g/mol. The molecule has 4 amide bonds. The van der Waals surface area contributed by atoms with E-state index in [0.29, 0.717) is 60.3 Å². The molecule has 4 saturated heterocycles. The van der Waals surface area contributed by atoms with Gasteiger partial charge in [-0.1, -0.05) is 72.3 Å². The second-order valence-corrected chi connectivity index (χ2v) is 21.5. The van der Waals surface area contributed by atoms with E-state index in [4.69, 9.17) is 25.8 Å². The van der Waals surface area contributed by atoms with Crippen LogP contribution in [0.4, 0.5) is 16.2 Å². The number of hydrogen-bond acceptors (Lipinski definition) is 9. The van der Waals surface area contributed by atoms with Crippen molar-refractivity contribution < 1.29 is 33.4 Å². The summed E-state index contributed by atoms with van der Waals surface area (Å²) in [5, 5.41) is 6.41. The Bertz CT molecular complexity index is 2470. The summed E-state index contributed by atoms with van der Waals surface area (Å²) in [4.78, 5) is 59.3. The van der Waals surface area contributed by atoms with Crippen LogP contribution in [0.1, 0.15) is 125 Å². The molecule has 0 radical (unpaired) electrons. The van der Waals surface area contributed by atoms with E-state index >= 15 is 0 Å². The number of nitrogens with one attached hydrogen (secondary N) is 2. The van der Waals surface area contributed by atoms with Crippen LogP contribution in [0.3, 0.4) is 0 Å². The minimum absolute atomic E-state index is 0.000202. The van der Waals surface area contributed by atoms with Crippen molar-refractivity contribution in [1.82, 2.24) is 20.4 Å². The molecule has 4 aromatic carbocycles. The molecule has 2 N–H and O–H groups in total. The third-order valence-electron chi connectivity index (χ3n) is 15.3. The zero-order valence-electron chi connectivity index (χ0n) is 41.7. The summed E-state index contributed by atoms with van der Waals surface area (Å²) >= 11 is 6.37. The van der Waals surface area contributed by atoms with Crippen LogP contribution in [-0.4, -0.2) is 116 Å². The van der Waals surface area contributed by atoms with E-state index in [0.717, 1.165) is 93.0 Å². The minimum Gasteiger partial charge on any atom is -0.482 e. The molecule has 14 heteroatoms. The molecule has 4 atom stereocenters. The smallest absolute Gasteiger partial charge is 0.407 e. The van der Waals surface area contributed by atoms with Gasteiger partial charge in [0, 0.05) is 74.0 Å². The number of alkyl carbamates (subject to hydrolysis) is 1. The zero-order chi connectivity index (χ0) is 49.5. The lowest BCUT2D eigenvalue weighted by molar-refractivity contribution is -0.122. The van der Waals surface area contributed by atoms with E-state index in [9.17, 15) is 19.2 Å². The van der Waals surface area contributed by atoms with E-state index in [2.05, 4.69) is 50.8 Å². The van der Waals surface area contributed by atoms with Gasteiger partial charge in [-0.3, -0.25) is 24.2 Å². The van der Waals surface area contributed by atoms with Crippen LogP contribution in [-0.2, 0) is 14.3 Å². The highest BCUT2D eigenvalue weighted by Gasteiger charge is 2.43. The number of carbonyl (C=O) groups excluding carboxylic acids is 4. The molecule has 0 aliphatic carbocycles. The van der Waals surface area contributed by atoms with Gasteiger partial charge in [0.25, 0.3) is 17.7 Å². The molecule has 0 spiro atoms. The number of ether oxygens (including phenoxy) is 3. The number of anilines is 2. The van der Waals surface area contributed by atoms with Crippen molar-refractivity contribution in [2.45, 2.75) is 133 Å². The van der Waals surface area contributed by atoms with Crippen molar-refractivity contribution in [3.05, 3.63) is 119 Å². The van der Waals surface area contributed by atoms with Crippen LogP contribution in [0.2, 0.25) is 5.02 Å². The number of fused-ring (bicyclic) bond motifs is 6. The third kappa shape index (κ3) is 12.4. The number of halogens is 1. The maximum Gasteiger partial charge on any atom is 0.407 e. The first-order valence-corrected chi connectivity index (χ1v) is 26.4. The number of amides is 4. The van der Waals surface area contributed by atoms with E-state index in [-0.39, 0.29) is 36.9 Å². The SMILES string of the molecule is CC(C)(C)OC(=O)NCCCCCNC(=O)c1cc(Cl)ccc1C1CC2CCC(C1)N2CCN1C(=O)COc2ccccc21.O=C1COc2ccccc2N1CCN1C2CCC1CC(c1ccccc1)C2. The molecule has 4 bridgehead atoms. The lowest BCUT2D eigenvalue weighted by Crippen LogP contribution is -2.48. The summed E-state index contributed by atoms with van der Waals surface area (Å²) < 4.78 is 16.4. The van der Waals surface area contributed by atoms with Crippen molar-refractivity contribution >= 4 is 46.8 Å². The van der Waals surface area contributed by atoms with E-state index in [1.54, 1.807) is 6.07 Å². The Morgan fingerprint density at radius 1 is 0.620 bits per heavy atom. The first-order valence-electron chi connectivity index (χ1n) is 26.0. The summed E-state index contributed by atoms with van der Waals surface area (Å²) in [6.45, 7) is 10.0. The van der Waals surface area contributed by atoms with Crippen LogP contribution in [0, 0.1) is 0 Å². The Morgan fingerprint density at radius 2 is 1.11 bits per heavy atom. The third-order valence-corrected chi connectivity index (χ3v) is 15.6. The number of unbranched alkanes of at least 4 members (excludes halogenated alkanes) is 2. The van der Waals surface area contributed by atoms with Crippen LogP contribution in [0.5, 0.6) is 11.5 Å². The van der Waals surface area contributed by atoms with Gasteiger partial charge in [-0.25, -0.2) is 4.79 Å². The quantitative estimate of drug-likeness (QED) is 0.112. The Balaban J connectivity index is 0.000000196. The van der Waals surface area contributed by atoms with Crippen LogP contribution in [0.25, 0.3) is 0 Å². The predicted octanol–water partition coefficient (Wildman–Crippen LogP) is 9.72. The molecule has 6 aliphatic rings. The van der Waals surface area contributed by atoms with Gasteiger partial charge in [-0.15, -0.1) is 0 Å². The van der Waals surface area contributed by atoms with Gasteiger partial charge in [-0.05, 0) is 151 Å². The van der Waals surface area contributed by atoms with Crippen LogP contribution in [0.15, 0.2) is 97.1 Å². The van der Waals surface area contributed by atoms with Crippen molar-refractivity contribution in [3.8, 4) is 11.5 Å². The Labute approximate surface area is 424 Å². The fourth-order valence-corrected chi connectivity index (χ4v) is 12.2. The first-order chi connectivity index (χ1) is 34.4. The van der Waals surface area contributed by atoms with Gasteiger partial charge in [0.1, 0.15) is 17.1 Å². The second kappa shape index (κ2) is 22.8. The fraction of sp³-hybridized carbons (Fsp3) is 0.509. The molecule has 10 rings (SSSR count). The number of para-hydroxylation sites is 4. The van der Waals surface area contributed by atoms with Crippen molar-refractivity contribution in [3.63, 3.8) is 0 Å². The number of piperidine rings is 2. The molecule has 6 aliphatic heterocycles. The van der Waals surface area contributed by atoms with Gasteiger partial charge in [0.2, 0.25) is 0 Å². The van der Waals surface area contributed by atoms with Crippen LogP contribution < -0.4 is 29.9 Å². The summed E-state index contributed by atoms with van der Waals surface area (Å²) in [7, 11) is 0. The van der Waals surface area contributed by atoms with Crippen LogP contribution >= 0.6 is 11.6 Å². The zero-order valence-corrected chi connectivity index (χ0v) is 42.4. The lowest BCUT2D eigenvalue weighted by Gasteiger charge is -2.41. The molecule has 6 heterocycles. The molecular weight excluding hydrogens is 916 g/mol. The van der Waals surface area contributed by atoms with E-state index in [1.165, 1.54) is 31.2 Å². The number of carbonyl (C=O) groups is 4. The standard InChI is InChI=1S/C34H45ClN4O5.C23H26N2O2/c1-34(2,3)44-33(42)37-16-8-4-7-15-36-32(41)28-21-24(35)11-14-27(28)23-19-25-12-13-26(20-23)38(25)17-18-39-29-9-5-6-10-30(29)43-22-31(39)40;26-23-16-27-22-9-5-4-8-21(22)25(23)13-12-24-19-10-11-20(24)15-18(14-19)17-6-2-1-3-7-17/h5-6,9-11,14,21,23,25-26H,4,7-8,12-13,15-20,22H2,1-3H3,(H,36,41)(H,37,42);1-9,18-20H,10-16H2. The van der Waals surface area contributed by atoms with Crippen molar-refractivity contribution in [2.24, 2.45) is 0 Å². The molecule has 0 aromatic heterocycles. The number of rotatable bonds is 15. The molecule has 13 nitrogen and oxygen atoms in total. The minimum atomic E-state index is -0.512. The summed E-state index contributed by atoms with van der Waals surface area (Å²) in [6, 6.07) is 34.5. The Hall–Kier alpha value is -5.63. The summed E-state index contributed by atoms with van der Waals surface area (Å²) in [5.74, 6) is 2.53. The second-order valence-electron chi connectivity index (χ2n) is 21.1. The largest absolute Gasteiger partial charge is 0.482 e. The van der Waals surface area contributed by atoms with Crippen molar-refractivity contribution in [2.75, 3.05) is 62.3 Å². The summed E-state index contributed by atoms with van der Waals surface area (Å²) in [5.41, 5.74) is 4.48. The monoisotopic (exact) mass is 987 g/mol. The molecule has 0 saturated carbocycles. The summed E-state index contributed by atoms with van der Waals surface area (Å²) in [6.07, 6.45) is 11.4. The maximum absolute atomic E-state index is 13.3. The van der Waals surface area contributed by atoms with Gasteiger partial charge >= 0.3 is 6.09 Å². The Morgan fingerprint density at radius 3 is 1.65 bits per heavy atom.